The molecule has 2 N–H and O–H groups in total. The summed E-state index contributed by atoms with van der Waals surface area (Å²) in [5, 5.41) is 6.59. The summed E-state index contributed by atoms with van der Waals surface area (Å²) in [6.07, 6.45) is 0. The fraction of sp³-hybridized carbons (Fsp3) is 0.188. The zero-order chi connectivity index (χ0) is 16.8. The molecule has 7 heteroatoms. The van der Waals surface area contributed by atoms with Crippen LogP contribution in [0.2, 0.25) is 5.02 Å². The second-order valence-corrected chi connectivity index (χ2v) is 5.39. The average molecular weight is 355 g/mol. The van der Waals surface area contributed by atoms with E-state index < -0.39 is 0 Å². The van der Waals surface area contributed by atoms with Crippen LogP contribution in [0.3, 0.4) is 0 Å². The van der Waals surface area contributed by atoms with E-state index in [2.05, 4.69) is 10.6 Å². The fourth-order valence-corrected chi connectivity index (χ4v) is 2.35. The Balaban J connectivity index is 2.03. The molecule has 4 nitrogen and oxygen atoms in total. The SMILES string of the molecule is COc1ccc(NC(=S)NCc2c(F)cccc2Cl)c(OC)c1. The third-order valence-corrected chi connectivity index (χ3v) is 3.74. The summed E-state index contributed by atoms with van der Waals surface area (Å²) in [6, 6.07) is 9.83. The lowest BCUT2D eigenvalue weighted by molar-refractivity contribution is 0.395. The lowest BCUT2D eigenvalue weighted by atomic mass is 10.2. The van der Waals surface area contributed by atoms with Crippen molar-refractivity contribution in [3.8, 4) is 11.5 Å². The first-order valence-corrected chi connectivity index (χ1v) is 7.53. The van der Waals surface area contributed by atoms with Crippen LogP contribution in [0, 0.1) is 5.82 Å². The molecule has 0 atom stereocenters. The number of anilines is 1. The molecule has 122 valence electrons. The Hall–Kier alpha value is -2.05. The number of methoxy groups -OCH3 is 2. The van der Waals surface area contributed by atoms with Gasteiger partial charge in [0.05, 0.1) is 19.9 Å². The molecule has 0 aliphatic rings. The van der Waals surface area contributed by atoms with Gasteiger partial charge in [-0.2, -0.15) is 0 Å². The molecule has 23 heavy (non-hydrogen) atoms. The molecular formula is C16H16ClFN2O2S. The zero-order valence-electron chi connectivity index (χ0n) is 12.7. The molecule has 0 aliphatic carbocycles. The summed E-state index contributed by atoms with van der Waals surface area (Å²) in [4.78, 5) is 0. The second kappa shape index (κ2) is 7.99. The minimum atomic E-state index is -0.380. The summed E-state index contributed by atoms with van der Waals surface area (Å²) < 4.78 is 24.1. The van der Waals surface area contributed by atoms with Crippen LogP contribution in [0.15, 0.2) is 36.4 Å². The molecule has 0 aliphatic heterocycles. The first-order chi connectivity index (χ1) is 11.0. The molecule has 0 spiro atoms. The molecule has 0 amide bonds. The van der Waals surface area contributed by atoms with Crippen molar-refractivity contribution in [1.82, 2.24) is 5.32 Å². The van der Waals surface area contributed by atoms with Gasteiger partial charge in [-0.15, -0.1) is 0 Å². The van der Waals surface area contributed by atoms with E-state index in [0.717, 1.165) is 0 Å². The van der Waals surface area contributed by atoms with E-state index in [1.54, 1.807) is 44.6 Å². The van der Waals surface area contributed by atoms with Crippen LogP contribution < -0.4 is 20.1 Å². The van der Waals surface area contributed by atoms with Crippen LogP contribution in [-0.2, 0) is 6.54 Å². The lowest BCUT2D eigenvalue weighted by Gasteiger charge is -2.15. The highest BCUT2D eigenvalue weighted by atomic mass is 35.5. The smallest absolute Gasteiger partial charge is 0.171 e. The predicted octanol–water partition coefficient (Wildman–Crippen LogP) is 3.98. The van der Waals surface area contributed by atoms with Crippen LogP contribution in [-0.4, -0.2) is 19.3 Å². The molecule has 0 heterocycles. The van der Waals surface area contributed by atoms with Gasteiger partial charge >= 0.3 is 0 Å². The third-order valence-electron chi connectivity index (χ3n) is 3.14. The molecule has 0 saturated carbocycles. The van der Waals surface area contributed by atoms with E-state index in [1.807, 2.05) is 0 Å². The van der Waals surface area contributed by atoms with Crippen LogP contribution in [0.4, 0.5) is 10.1 Å². The van der Waals surface area contributed by atoms with Crippen molar-refractivity contribution >= 4 is 34.6 Å². The Morgan fingerprint density at radius 2 is 2.00 bits per heavy atom. The van der Waals surface area contributed by atoms with Crippen LogP contribution >= 0.6 is 23.8 Å². The van der Waals surface area contributed by atoms with E-state index in [0.29, 0.717) is 32.9 Å². The summed E-state index contributed by atoms with van der Waals surface area (Å²) >= 11 is 11.2. The molecule has 0 aromatic heterocycles. The van der Waals surface area contributed by atoms with Gasteiger partial charge in [0, 0.05) is 23.2 Å². The van der Waals surface area contributed by atoms with Crippen molar-refractivity contribution in [2.24, 2.45) is 0 Å². The Morgan fingerprint density at radius 1 is 1.22 bits per heavy atom. The molecule has 0 bridgehead atoms. The molecule has 0 radical (unpaired) electrons. The molecule has 2 aromatic rings. The van der Waals surface area contributed by atoms with E-state index in [9.17, 15) is 4.39 Å². The summed E-state index contributed by atoms with van der Waals surface area (Å²) in [7, 11) is 3.13. The average Bonchev–Trinajstić information content (AvgIpc) is 2.54. The van der Waals surface area contributed by atoms with Crippen LogP contribution in [0.5, 0.6) is 11.5 Å². The van der Waals surface area contributed by atoms with Gasteiger partial charge in [-0.3, -0.25) is 0 Å². The third kappa shape index (κ3) is 4.46. The lowest BCUT2D eigenvalue weighted by Crippen LogP contribution is -2.28. The number of thiocarbonyl (C=S) groups is 1. The normalized spacial score (nSPS) is 10.1. The van der Waals surface area contributed by atoms with E-state index in [4.69, 9.17) is 33.3 Å². The number of nitrogens with one attached hydrogen (secondary N) is 2. The van der Waals surface area contributed by atoms with Gasteiger partial charge in [0.1, 0.15) is 17.3 Å². The molecule has 2 rings (SSSR count). The first kappa shape index (κ1) is 17.3. The van der Waals surface area contributed by atoms with E-state index in [-0.39, 0.29) is 12.4 Å². The topological polar surface area (TPSA) is 42.5 Å². The van der Waals surface area contributed by atoms with Gasteiger partial charge < -0.3 is 20.1 Å². The highest BCUT2D eigenvalue weighted by Gasteiger charge is 2.09. The Morgan fingerprint density at radius 3 is 2.65 bits per heavy atom. The van der Waals surface area contributed by atoms with Gasteiger partial charge in [0.2, 0.25) is 0 Å². The molecule has 0 unspecified atom stereocenters. The number of halogens is 2. The number of hydrogen-bond donors (Lipinski definition) is 2. The highest BCUT2D eigenvalue weighted by Crippen LogP contribution is 2.29. The highest BCUT2D eigenvalue weighted by molar-refractivity contribution is 7.80. The van der Waals surface area contributed by atoms with Crippen LogP contribution in [0.25, 0.3) is 0 Å². The van der Waals surface area contributed by atoms with E-state index >= 15 is 0 Å². The number of benzene rings is 2. The maximum absolute atomic E-state index is 13.7. The van der Waals surface area contributed by atoms with Crippen LogP contribution in [0.1, 0.15) is 5.56 Å². The number of rotatable bonds is 5. The minimum absolute atomic E-state index is 0.176. The van der Waals surface area contributed by atoms with Gasteiger partial charge in [-0.05, 0) is 36.5 Å². The first-order valence-electron chi connectivity index (χ1n) is 6.75. The summed E-state index contributed by atoms with van der Waals surface area (Å²) in [5.74, 6) is 0.872. The Labute approximate surface area is 144 Å². The molecule has 2 aromatic carbocycles. The second-order valence-electron chi connectivity index (χ2n) is 4.57. The Bertz CT molecular complexity index is 692. The van der Waals surface area contributed by atoms with Crippen molar-refractivity contribution in [2.75, 3.05) is 19.5 Å². The largest absolute Gasteiger partial charge is 0.497 e. The van der Waals surface area contributed by atoms with Crippen molar-refractivity contribution in [3.05, 3.63) is 52.8 Å². The number of hydrogen-bond acceptors (Lipinski definition) is 3. The van der Waals surface area contributed by atoms with Crippen molar-refractivity contribution in [2.45, 2.75) is 6.54 Å². The van der Waals surface area contributed by atoms with E-state index in [1.165, 1.54) is 6.07 Å². The minimum Gasteiger partial charge on any atom is -0.497 e. The fourth-order valence-electron chi connectivity index (χ4n) is 1.94. The van der Waals surface area contributed by atoms with Gasteiger partial charge in [0.15, 0.2) is 5.11 Å². The van der Waals surface area contributed by atoms with Crippen molar-refractivity contribution in [3.63, 3.8) is 0 Å². The Kier molecular flexibility index (Phi) is 6.01. The standard InChI is InChI=1S/C16H16ClFN2O2S/c1-21-10-6-7-14(15(8-10)22-2)20-16(23)19-9-11-12(17)4-3-5-13(11)18/h3-8H,9H2,1-2H3,(H2,19,20,23). The quantitative estimate of drug-likeness (QED) is 0.795. The summed E-state index contributed by atoms with van der Waals surface area (Å²) in [6.45, 7) is 0.176. The maximum Gasteiger partial charge on any atom is 0.171 e. The molecule has 0 fully saturated rings. The molecule has 0 saturated heterocycles. The van der Waals surface area contributed by atoms with Gasteiger partial charge in [-0.1, -0.05) is 17.7 Å². The summed E-state index contributed by atoms with van der Waals surface area (Å²) in [5.41, 5.74) is 1.03. The monoisotopic (exact) mass is 354 g/mol. The maximum atomic E-state index is 13.7. The van der Waals surface area contributed by atoms with Gasteiger partial charge in [0.25, 0.3) is 0 Å². The zero-order valence-corrected chi connectivity index (χ0v) is 14.2. The van der Waals surface area contributed by atoms with Gasteiger partial charge in [-0.25, -0.2) is 4.39 Å². The molecular weight excluding hydrogens is 339 g/mol. The number of ether oxygens (including phenoxy) is 2. The van der Waals surface area contributed by atoms with Crippen molar-refractivity contribution < 1.29 is 13.9 Å². The van der Waals surface area contributed by atoms with Crippen molar-refractivity contribution in [1.29, 1.82) is 0 Å². The predicted molar refractivity (Wildman–Crippen MR) is 94.0 cm³/mol.